The first-order valence-corrected chi connectivity index (χ1v) is 5.24. The molecule has 1 heteroatoms. The summed E-state index contributed by atoms with van der Waals surface area (Å²) in [5.41, 5.74) is 1.27. The first-order chi connectivity index (χ1) is 6.90. The van der Waals surface area contributed by atoms with Crippen LogP contribution in [-0.4, -0.2) is 11.7 Å². The molecular weight excluding hydrogens is 172 g/mol. The lowest BCUT2D eigenvalue weighted by Gasteiger charge is -1.92. The van der Waals surface area contributed by atoms with Gasteiger partial charge in [-0.3, -0.25) is 0 Å². The molecule has 0 unspecified atom stereocenters. The summed E-state index contributed by atoms with van der Waals surface area (Å²) >= 11 is 0. The Morgan fingerprint density at radius 2 is 2.07 bits per heavy atom. The molecule has 0 saturated heterocycles. The Morgan fingerprint density at radius 3 is 2.79 bits per heavy atom. The van der Waals surface area contributed by atoms with Crippen molar-refractivity contribution in [2.75, 3.05) is 6.61 Å². The molecule has 1 saturated carbocycles. The van der Waals surface area contributed by atoms with Crippen molar-refractivity contribution >= 4 is 6.08 Å². The van der Waals surface area contributed by atoms with E-state index in [2.05, 4.69) is 36.4 Å². The monoisotopic (exact) mass is 188 g/mol. The van der Waals surface area contributed by atoms with Crippen molar-refractivity contribution in [3.8, 4) is 0 Å². The zero-order valence-corrected chi connectivity index (χ0v) is 8.26. The fraction of sp³-hybridized carbons (Fsp3) is 0.385. The summed E-state index contributed by atoms with van der Waals surface area (Å²) in [6, 6.07) is 10.4. The molecule has 1 N–H and O–H groups in total. The van der Waals surface area contributed by atoms with Crippen LogP contribution in [0.25, 0.3) is 6.08 Å². The molecule has 2 atom stereocenters. The summed E-state index contributed by atoms with van der Waals surface area (Å²) in [6.07, 6.45) is 6.67. The largest absolute Gasteiger partial charge is 0.396 e. The third-order valence-electron chi connectivity index (χ3n) is 2.81. The fourth-order valence-corrected chi connectivity index (χ4v) is 1.80. The SMILES string of the molecule is OCC[C@@H]1C[C@H]1/C=C/c1ccccc1. The molecule has 2 rings (SSSR count). The lowest BCUT2D eigenvalue weighted by molar-refractivity contribution is 0.278. The highest BCUT2D eigenvalue weighted by atomic mass is 16.3. The smallest absolute Gasteiger partial charge is 0.0433 e. The van der Waals surface area contributed by atoms with Gasteiger partial charge in [-0.15, -0.1) is 0 Å². The zero-order chi connectivity index (χ0) is 9.80. The maximum Gasteiger partial charge on any atom is 0.0433 e. The Balaban J connectivity index is 1.85. The summed E-state index contributed by atoms with van der Waals surface area (Å²) in [5.74, 6) is 1.45. The summed E-state index contributed by atoms with van der Waals surface area (Å²) in [5, 5.41) is 8.76. The highest BCUT2D eigenvalue weighted by molar-refractivity contribution is 5.49. The Hall–Kier alpha value is -1.08. The summed E-state index contributed by atoms with van der Waals surface area (Å²) < 4.78 is 0. The van der Waals surface area contributed by atoms with Crippen LogP contribution in [0.1, 0.15) is 18.4 Å². The molecule has 1 aromatic carbocycles. The molecule has 1 aliphatic carbocycles. The van der Waals surface area contributed by atoms with Crippen LogP contribution in [-0.2, 0) is 0 Å². The first-order valence-electron chi connectivity index (χ1n) is 5.24. The van der Waals surface area contributed by atoms with Crippen molar-refractivity contribution in [1.82, 2.24) is 0 Å². The van der Waals surface area contributed by atoms with E-state index in [-0.39, 0.29) is 0 Å². The van der Waals surface area contributed by atoms with Crippen LogP contribution < -0.4 is 0 Å². The molecule has 1 nitrogen and oxygen atoms in total. The van der Waals surface area contributed by atoms with Gasteiger partial charge < -0.3 is 5.11 Å². The standard InChI is InChI=1S/C13H16O/c14-9-8-13-10-12(13)7-6-11-4-2-1-3-5-11/h1-7,12-14H,8-10H2/b7-6+/t12-,13-/m1/s1. The predicted octanol–water partition coefficient (Wildman–Crippen LogP) is 2.72. The van der Waals surface area contributed by atoms with E-state index in [1.165, 1.54) is 12.0 Å². The number of allylic oxidation sites excluding steroid dienone is 1. The second kappa shape index (κ2) is 4.43. The topological polar surface area (TPSA) is 20.2 Å². The molecule has 0 bridgehead atoms. The van der Waals surface area contributed by atoms with E-state index in [9.17, 15) is 0 Å². The Morgan fingerprint density at radius 1 is 1.29 bits per heavy atom. The molecule has 0 aromatic heterocycles. The minimum Gasteiger partial charge on any atom is -0.396 e. The molecule has 0 heterocycles. The molecule has 14 heavy (non-hydrogen) atoms. The Kier molecular flexibility index (Phi) is 3.00. The van der Waals surface area contributed by atoms with Crippen LogP contribution in [0.2, 0.25) is 0 Å². The van der Waals surface area contributed by atoms with Gasteiger partial charge in [0.2, 0.25) is 0 Å². The second-order valence-electron chi connectivity index (χ2n) is 3.94. The number of aliphatic hydroxyl groups is 1. The highest BCUT2D eigenvalue weighted by Crippen LogP contribution is 2.42. The van der Waals surface area contributed by atoms with Gasteiger partial charge in [0.05, 0.1) is 0 Å². The van der Waals surface area contributed by atoms with Gasteiger partial charge in [0.15, 0.2) is 0 Å². The summed E-state index contributed by atoms with van der Waals surface area (Å²) in [7, 11) is 0. The van der Waals surface area contributed by atoms with Crippen LogP contribution in [0.15, 0.2) is 36.4 Å². The van der Waals surface area contributed by atoms with E-state index < -0.39 is 0 Å². The summed E-state index contributed by atoms with van der Waals surface area (Å²) in [4.78, 5) is 0. The van der Waals surface area contributed by atoms with Crippen LogP contribution in [0.5, 0.6) is 0 Å². The molecule has 0 spiro atoms. The van der Waals surface area contributed by atoms with Crippen LogP contribution >= 0.6 is 0 Å². The van der Waals surface area contributed by atoms with Crippen LogP contribution in [0, 0.1) is 11.8 Å². The maximum absolute atomic E-state index is 8.76. The molecule has 0 aliphatic heterocycles. The zero-order valence-electron chi connectivity index (χ0n) is 8.26. The Labute approximate surface area is 85.1 Å². The number of benzene rings is 1. The van der Waals surface area contributed by atoms with Gasteiger partial charge in [-0.2, -0.15) is 0 Å². The van der Waals surface area contributed by atoms with Crippen molar-refractivity contribution < 1.29 is 5.11 Å². The molecule has 0 radical (unpaired) electrons. The molecule has 0 amide bonds. The van der Waals surface area contributed by atoms with Crippen molar-refractivity contribution in [3.05, 3.63) is 42.0 Å². The molecule has 1 aliphatic rings. The van der Waals surface area contributed by atoms with Crippen molar-refractivity contribution in [2.45, 2.75) is 12.8 Å². The van der Waals surface area contributed by atoms with Crippen molar-refractivity contribution in [1.29, 1.82) is 0 Å². The number of aliphatic hydroxyl groups excluding tert-OH is 1. The predicted molar refractivity (Wildman–Crippen MR) is 58.8 cm³/mol. The highest BCUT2D eigenvalue weighted by Gasteiger charge is 2.33. The molecule has 1 fully saturated rings. The lowest BCUT2D eigenvalue weighted by Crippen LogP contribution is -1.85. The Bertz CT molecular complexity index is 302. The van der Waals surface area contributed by atoms with Gasteiger partial charge in [-0.25, -0.2) is 0 Å². The molecule has 1 aromatic rings. The third-order valence-corrected chi connectivity index (χ3v) is 2.81. The minimum absolute atomic E-state index is 0.334. The van der Waals surface area contributed by atoms with Gasteiger partial charge in [0.1, 0.15) is 0 Å². The number of hydrogen-bond donors (Lipinski definition) is 1. The lowest BCUT2D eigenvalue weighted by atomic mass is 10.2. The van der Waals surface area contributed by atoms with Gasteiger partial charge in [-0.1, -0.05) is 42.5 Å². The van der Waals surface area contributed by atoms with Gasteiger partial charge in [-0.05, 0) is 30.2 Å². The van der Waals surface area contributed by atoms with Crippen molar-refractivity contribution in [3.63, 3.8) is 0 Å². The van der Waals surface area contributed by atoms with Gasteiger partial charge in [0.25, 0.3) is 0 Å². The molecular formula is C13H16O. The van der Waals surface area contributed by atoms with E-state index in [0.29, 0.717) is 12.5 Å². The minimum atomic E-state index is 0.334. The van der Waals surface area contributed by atoms with E-state index in [1.807, 2.05) is 6.07 Å². The van der Waals surface area contributed by atoms with Gasteiger partial charge in [0, 0.05) is 6.61 Å². The molecule has 74 valence electrons. The van der Waals surface area contributed by atoms with E-state index in [0.717, 1.165) is 12.3 Å². The quantitative estimate of drug-likeness (QED) is 0.770. The normalized spacial score (nSPS) is 25.5. The third kappa shape index (κ3) is 2.46. The fourth-order valence-electron chi connectivity index (χ4n) is 1.80. The average molecular weight is 188 g/mol. The first kappa shape index (κ1) is 9.47. The van der Waals surface area contributed by atoms with Gasteiger partial charge >= 0.3 is 0 Å². The second-order valence-corrected chi connectivity index (χ2v) is 3.94. The van der Waals surface area contributed by atoms with Crippen LogP contribution in [0.4, 0.5) is 0 Å². The van der Waals surface area contributed by atoms with E-state index in [4.69, 9.17) is 5.11 Å². The number of hydrogen-bond acceptors (Lipinski definition) is 1. The van der Waals surface area contributed by atoms with Crippen LogP contribution in [0.3, 0.4) is 0 Å². The number of rotatable bonds is 4. The van der Waals surface area contributed by atoms with Crippen molar-refractivity contribution in [2.24, 2.45) is 11.8 Å². The average Bonchev–Trinajstić information content (AvgIpc) is 2.96. The van der Waals surface area contributed by atoms with E-state index >= 15 is 0 Å². The maximum atomic E-state index is 8.76. The van der Waals surface area contributed by atoms with E-state index in [1.54, 1.807) is 0 Å². The summed E-state index contributed by atoms with van der Waals surface area (Å²) in [6.45, 7) is 0.334.